The number of Topliss-reactive ketones (excluding diaryl/α,β-unsaturated/α-hetero) is 1. The number of ketones is 1. The number of ether oxygens (including phenoxy) is 1. The minimum atomic E-state index is -2.20. The van der Waals surface area contributed by atoms with Gasteiger partial charge in [-0.25, -0.2) is 4.79 Å². The van der Waals surface area contributed by atoms with Gasteiger partial charge in [0.15, 0.2) is 19.7 Å². The second-order valence-electron chi connectivity index (χ2n) is 7.14. The van der Waals surface area contributed by atoms with E-state index >= 15 is 0 Å². The van der Waals surface area contributed by atoms with Gasteiger partial charge in [-0.15, -0.1) is 11.6 Å². The lowest BCUT2D eigenvalue weighted by molar-refractivity contribution is -0.154. The highest BCUT2D eigenvalue weighted by Gasteiger charge is 2.64. The van der Waals surface area contributed by atoms with Crippen LogP contribution in [0.4, 0.5) is 0 Å². The topological polar surface area (TPSA) is 72.8 Å². The lowest BCUT2D eigenvalue weighted by Gasteiger charge is -2.41. The van der Waals surface area contributed by atoms with Gasteiger partial charge in [0, 0.05) is 6.42 Å². The van der Waals surface area contributed by atoms with Crippen molar-refractivity contribution in [2.24, 2.45) is 0 Å². The summed E-state index contributed by atoms with van der Waals surface area (Å²) in [6.45, 7) is 10.2. The summed E-state index contributed by atoms with van der Waals surface area (Å²) in [6, 6.07) is 0. The molecular weight excluding hydrogens is 300 g/mol. The van der Waals surface area contributed by atoms with E-state index in [0.717, 1.165) is 0 Å². The van der Waals surface area contributed by atoms with Crippen LogP contribution in [-0.4, -0.2) is 48.4 Å². The van der Waals surface area contributed by atoms with E-state index in [-0.39, 0.29) is 11.5 Å². The maximum absolute atomic E-state index is 12.3. The van der Waals surface area contributed by atoms with Crippen LogP contribution in [0, 0.1) is 0 Å². The van der Waals surface area contributed by atoms with Crippen LogP contribution >= 0.6 is 11.6 Å². The summed E-state index contributed by atoms with van der Waals surface area (Å²) in [5.41, 5.74) is -1.89. The maximum atomic E-state index is 12.3. The third-order valence-corrected chi connectivity index (χ3v) is 9.67. The van der Waals surface area contributed by atoms with Crippen molar-refractivity contribution in [3.63, 3.8) is 0 Å². The van der Waals surface area contributed by atoms with E-state index in [1.165, 1.54) is 0 Å². The molecule has 2 fully saturated rings. The average Bonchev–Trinajstić information content (AvgIpc) is 2.57. The molecular formula is C13H21ClO5Si. The first-order valence-electron chi connectivity index (χ1n) is 6.69. The van der Waals surface area contributed by atoms with Crippen LogP contribution in [0.5, 0.6) is 0 Å². The average molecular weight is 321 g/mol. The molecule has 1 aliphatic carbocycles. The lowest BCUT2D eigenvalue weighted by Crippen LogP contribution is -2.59. The molecule has 0 aromatic carbocycles. The van der Waals surface area contributed by atoms with Gasteiger partial charge in [-0.3, -0.25) is 4.79 Å². The summed E-state index contributed by atoms with van der Waals surface area (Å²) in [5, 5.41) is 8.75. The lowest BCUT2D eigenvalue weighted by atomic mass is 9.83. The molecule has 1 aliphatic heterocycles. The number of aliphatic hydroxyl groups is 1. The van der Waals surface area contributed by atoms with Crippen molar-refractivity contribution in [1.82, 2.24) is 0 Å². The molecule has 0 radical (unpaired) electrons. The van der Waals surface area contributed by atoms with Crippen LogP contribution in [0.2, 0.25) is 18.1 Å². The second kappa shape index (κ2) is 4.53. The van der Waals surface area contributed by atoms with E-state index in [2.05, 4.69) is 20.8 Å². The standard InChI is InChI=1S/C13H21ClO5Si/c1-12(2,3)20(4,5)19-9-7-6-13(17,11(16)18-7)10(14)8(9)15/h7,9-10,17H,6H2,1-5H3/t7-,9?,10?,13+/m0/s1. The molecule has 0 amide bonds. The van der Waals surface area contributed by atoms with E-state index in [1.54, 1.807) is 0 Å². The van der Waals surface area contributed by atoms with Gasteiger partial charge >= 0.3 is 5.97 Å². The number of esters is 1. The molecule has 1 heterocycles. The Bertz CT molecular complexity index is 458. The zero-order valence-electron chi connectivity index (χ0n) is 12.4. The molecule has 0 spiro atoms. The van der Waals surface area contributed by atoms with Gasteiger partial charge in [-0.05, 0) is 18.1 Å². The molecule has 4 atom stereocenters. The zero-order chi connectivity index (χ0) is 15.5. The highest BCUT2D eigenvalue weighted by molar-refractivity contribution is 6.74. The minimum absolute atomic E-state index is 0.0189. The van der Waals surface area contributed by atoms with Gasteiger partial charge < -0.3 is 14.3 Å². The first-order chi connectivity index (χ1) is 8.90. The number of alkyl halides is 1. The largest absolute Gasteiger partial charge is 0.457 e. The molecule has 2 rings (SSSR count). The van der Waals surface area contributed by atoms with Crippen LogP contribution in [0.3, 0.4) is 0 Å². The van der Waals surface area contributed by atoms with Gasteiger partial charge in [0.25, 0.3) is 0 Å². The summed E-state index contributed by atoms with van der Waals surface area (Å²) in [5.74, 6) is -1.28. The quantitative estimate of drug-likeness (QED) is 0.475. The molecule has 1 saturated carbocycles. The third kappa shape index (κ3) is 2.22. The van der Waals surface area contributed by atoms with Crippen LogP contribution in [0.1, 0.15) is 27.2 Å². The molecule has 1 N–H and O–H groups in total. The first-order valence-corrected chi connectivity index (χ1v) is 10.0. The van der Waals surface area contributed by atoms with E-state index in [1.807, 2.05) is 13.1 Å². The maximum Gasteiger partial charge on any atom is 0.340 e. The third-order valence-electron chi connectivity index (χ3n) is 4.64. The number of halogens is 1. The predicted molar refractivity (Wildman–Crippen MR) is 76.2 cm³/mol. The minimum Gasteiger partial charge on any atom is -0.457 e. The smallest absolute Gasteiger partial charge is 0.340 e. The van der Waals surface area contributed by atoms with Crippen molar-refractivity contribution in [1.29, 1.82) is 0 Å². The van der Waals surface area contributed by atoms with Crippen LogP contribution < -0.4 is 0 Å². The molecule has 2 unspecified atom stereocenters. The Balaban J connectivity index is 2.27. The van der Waals surface area contributed by atoms with Crippen molar-refractivity contribution in [3.8, 4) is 0 Å². The first kappa shape index (κ1) is 15.9. The highest BCUT2D eigenvalue weighted by Crippen LogP contribution is 2.44. The number of rotatable bonds is 2. The molecule has 2 bridgehead atoms. The van der Waals surface area contributed by atoms with E-state index in [4.69, 9.17) is 20.8 Å². The highest BCUT2D eigenvalue weighted by atomic mass is 35.5. The van der Waals surface area contributed by atoms with Gasteiger partial charge in [0.2, 0.25) is 0 Å². The summed E-state index contributed by atoms with van der Waals surface area (Å²) in [4.78, 5) is 24.0. The van der Waals surface area contributed by atoms with Crippen LogP contribution in [-0.2, 0) is 18.8 Å². The van der Waals surface area contributed by atoms with Crippen molar-refractivity contribution in [3.05, 3.63) is 0 Å². The van der Waals surface area contributed by atoms with Gasteiger partial charge in [0.1, 0.15) is 17.6 Å². The molecule has 0 aromatic heterocycles. The predicted octanol–water partition coefficient (Wildman–Crippen LogP) is 1.61. The molecule has 2 aliphatic rings. The monoisotopic (exact) mass is 320 g/mol. The summed E-state index contributed by atoms with van der Waals surface area (Å²) >= 11 is 5.97. The summed E-state index contributed by atoms with van der Waals surface area (Å²) in [7, 11) is -2.20. The molecule has 5 nitrogen and oxygen atoms in total. The van der Waals surface area contributed by atoms with Crippen molar-refractivity contribution in [2.75, 3.05) is 0 Å². The Morgan fingerprint density at radius 2 is 1.95 bits per heavy atom. The summed E-state index contributed by atoms with van der Waals surface area (Å²) in [6.07, 6.45) is -1.58. The van der Waals surface area contributed by atoms with Crippen LogP contribution in [0.25, 0.3) is 0 Å². The van der Waals surface area contributed by atoms with Gasteiger partial charge in [-0.1, -0.05) is 20.8 Å². The van der Waals surface area contributed by atoms with Crippen molar-refractivity contribution >= 4 is 31.7 Å². The molecule has 20 heavy (non-hydrogen) atoms. The normalized spacial score (nSPS) is 38.0. The zero-order valence-corrected chi connectivity index (χ0v) is 14.2. The van der Waals surface area contributed by atoms with E-state index < -0.39 is 43.3 Å². The van der Waals surface area contributed by atoms with Crippen molar-refractivity contribution in [2.45, 2.75) is 68.5 Å². The Kier molecular flexibility index (Phi) is 3.61. The van der Waals surface area contributed by atoms with E-state index in [0.29, 0.717) is 0 Å². The number of fused-ring (bicyclic) bond motifs is 2. The summed E-state index contributed by atoms with van der Waals surface area (Å²) < 4.78 is 11.2. The SMILES string of the molecule is CC(C)(C)[Si](C)(C)OC1C(=O)C(Cl)[C@]2(O)C[C@@H]1OC2=O. The fourth-order valence-electron chi connectivity index (χ4n) is 2.24. The number of carbonyl (C=O) groups is 2. The van der Waals surface area contributed by atoms with Gasteiger partial charge in [-0.2, -0.15) is 0 Å². The van der Waals surface area contributed by atoms with E-state index in [9.17, 15) is 14.7 Å². The molecule has 114 valence electrons. The number of carbonyl (C=O) groups excluding carboxylic acids is 2. The van der Waals surface area contributed by atoms with Crippen LogP contribution in [0.15, 0.2) is 0 Å². The fourth-order valence-corrected chi connectivity index (χ4v) is 3.80. The molecule has 0 aromatic rings. The van der Waals surface area contributed by atoms with Gasteiger partial charge in [0.05, 0.1) is 0 Å². The number of hydrogen-bond donors (Lipinski definition) is 1. The second-order valence-corrected chi connectivity index (χ2v) is 12.3. The Morgan fingerprint density at radius 1 is 1.40 bits per heavy atom. The van der Waals surface area contributed by atoms with Crippen molar-refractivity contribution < 1.29 is 23.9 Å². The Hall–Kier alpha value is -0.433. The molecule has 1 saturated heterocycles. The Labute approximate surface area is 124 Å². The Morgan fingerprint density at radius 3 is 2.45 bits per heavy atom. The number of hydrogen-bond acceptors (Lipinski definition) is 5. The molecule has 7 heteroatoms. The fraction of sp³-hybridized carbons (Fsp3) is 0.846.